The molecule has 1 N–H and O–H groups in total. The molecule has 2 atom stereocenters. The maximum atomic E-state index is 12.2. The van der Waals surface area contributed by atoms with Crippen molar-refractivity contribution in [3.63, 3.8) is 0 Å². The SMILES string of the molecule is CC1CCc2sc(-c3nnc(SCC(=O)NC(C)(C#N)C(C)C)o3)cc2C1. The van der Waals surface area contributed by atoms with Gasteiger partial charge in [0.1, 0.15) is 5.54 Å². The number of carbonyl (C=O) groups is 1. The minimum absolute atomic E-state index is 0.0130. The molecular weight excluding hydrogens is 380 g/mol. The average Bonchev–Trinajstić information content (AvgIpc) is 3.25. The van der Waals surface area contributed by atoms with Crippen molar-refractivity contribution in [2.24, 2.45) is 11.8 Å². The summed E-state index contributed by atoms with van der Waals surface area (Å²) in [4.78, 5) is 14.6. The Labute approximate surface area is 167 Å². The fourth-order valence-electron chi connectivity index (χ4n) is 2.93. The Balaban J connectivity index is 1.60. The molecule has 1 amide bonds. The maximum absolute atomic E-state index is 12.2. The van der Waals surface area contributed by atoms with Gasteiger partial charge in [0.25, 0.3) is 11.1 Å². The number of rotatable bonds is 6. The van der Waals surface area contributed by atoms with E-state index in [9.17, 15) is 10.1 Å². The lowest BCUT2D eigenvalue weighted by Crippen LogP contribution is -2.49. The van der Waals surface area contributed by atoms with E-state index < -0.39 is 5.54 Å². The zero-order chi connectivity index (χ0) is 19.6. The smallest absolute Gasteiger partial charge is 0.277 e. The van der Waals surface area contributed by atoms with Gasteiger partial charge in [0.15, 0.2) is 0 Å². The first-order valence-corrected chi connectivity index (χ1v) is 10.9. The normalized spacial score (nSPS) is 18.6. The molecule has 0 bridgehead atoms. The second-order valence-corrected chi connectivity index (χ2v) is 9.65. The lowest BCUT2D eigenvalue weighted by atomic mass is 9.90. The first-order valence-electron chi connectivity index (χ1n) is 9.11. The van der Waals surface area contributed by atoms with Gasteiger partial charge >= 0.3 is 0 Å². The molecule has 0 saturated carbocycles. The number of carbonyl (C=O) groups excluding carboxylic acids is 1. The third-order valence-electron chi connectivity index (χ3n) is 5.06. The first kappa shape index (κ1) is 19.9. The van der Waals surface area contributed by atoms with E-state index in [1.807, 2.05) is 13.8 Å². The van der Waals surface area contributed by atoms with Crippen LogP contribution in [0.2, 0.25) is 0 Å². The van der Waals surface area contributed by atoms with Crippen molar-refractivity contribution < 1.29 is 9.21 Å². The van der Waals surface area contributed by atoms with Crippen LogP contribution in [0.4, 0.5) is 0 Å². The Morgan fingerprint density at radius 3 is 3.04 bits per heavy atom. The summed E-state index contributed by atoms with van der Waals surface area (Å²) in [5.41, 5.74) is 0.509. The van der Waals surface area contributed by atoms with Crippen molar-refractivity contribution in [2.45, 2.75) is 57.7 Å². The molecule has 1 aliphatic carbocycles. The molecule has 2 heterocycles. The van der Waals surface area contributed by atoms with Crippen LogP contribution in [-0.2, 0) is 17.6 Å². The van der Waals surface area contributed by atoms with E-state index in [0.29, 0.717) is 11.1 Å². The number of nitriles is 1. The number of aromatic nitrogens is 2. The molecular formula is C19H24N4O2S2. The van der Waals surface area contributed by atoms with Crippen LogP contribution in [0.25, 0.3) is 10.8 Å². The van der Waals surface area contributed by atoms with Crippen molar-refractivity contribution in [2.75, 3.05) is 5.75 Å². The van der Waals surface area contributed by atoms with Gasteiger partial charge in [-0.3, -0.25) is 4.79 Å². The van der Waals surface area contributed by atoms with Crippen LogP contribution in [0.1, 0.15) is 44.6 Å². The Morgan fingerprint density at radius 1 is 1.56 bits per heavy atom. The van der Waals surface area contributed by atoms with Crippen molar-refractivity contribution >= 4 is 29.0 Å². The summed E-state index contributed by atoms with van der Waals surface area (Å²) in [7, 11) is 0. The maximum Gasteiger partial charge on any atom is 0.277 e. The summed E-state index contributed by atoms with van der Waals surface area (Å²) < 4.78 is 5.73. The highest BCUT2D eigenvalue weighted by Gasteiger charge is 2.30. The predicted octanol–water partition coefficient (Wildman–Crippen LogP) is 4.07. The van der Waals surface area contributed by atoms with E-state index in [2.05, 4.69) is 34.6 Å². The first-order chi connectivity index (χ1) is 12.8. The van der Waals surface area contributed by atoms with Crippen molar-refractivity contribution in [1.29, 1.82) is 5.26 Å². The van der Waals surface area contributed by atoms with Gasteiger partial charge in [-0.25, -0.2) is 0 Å². The quantitative estimate of drug-likeness (QED) is 0.730. The highest BCUT2D eigenvalue weighted by atomic mass is 32.2. The van der Waals surface area contributed by atoms with Gasteiger partial charge < -0.3 is 9.73 Å². The Bertz CT molecular complexity index is 867. The highest BCUT2D eigenvalue weighted by Crippen LogP contribution is 2.37. The molecule has 0 aliphatic heterocycles. The van der Waals surface area contributed by atoms with E-state index in [-0.39, 0.29) is 17.6 Å². The van der Waals surface area contributed by atoms with Crippen LogP contribution in [0.5, 0.6) is 0 Å². The number of thioether (sulfide) groups is 1. The molecule has 2 aromatic heterocycles. The van der Waals surface area contributed by atoms with Gasteiger partial charge in [0.05, 0.1) is 16.7 Å². The lowest BCUT2D eigenvalue weighted by molar-refractivity contribution is -0.120. The van der Waals surface area contributed by atoms with Crippen molar-refractivity contribution in [3.05, 3.63) is 16.5 Å². The lowest BCUT2D eigenvalue weighted by Gasteiger charge is -2.27. The standard InChI is InChI=1S/C19H24N4O2S2/c1-11(2)19(4,10-20)21-16(24)9-26-18-23-22-17(25-18)15-8-13-7-12(3)5-6-14(13)27-15/h8,11-12H,5-7,9H2,1-4H3,(H,21,24). The molecule has 3 rings (SSSR count). The molecule has 0 saturated heterocycles. The number of hydrogen-bond donors (Lipinski definition) is 1. The summed E-state index contributed by atoms with van der Waals surface area (Å²) in [6.45, 7) is 7.82. The molecule has 0 radical (unpaired) electrons. The minimum Gasteiger partial charge on any atom is -0.410 e. The molecule has 0 fully saturated rings. The Kier molecular flexibility index (Phi) is 5.92. The second kappa shape index (κ2) is 8.03. The summed E-state index contributed by atoms with van der Waals surface area (Å²) in [6.07, 6.45) is 3.45. The second-order valence-electron chi connectivity index (χ2n) is 7.59. The van der Waals surface area contributed by atoms with Gasteiger partial charge in [-0.15, -0.1) is 21.5 Å². The Hall–Kier alpha value is -1.85. The van der Waals surface area contributed by atoms with E-state index in [4.69, 9.17) is 4.42 Å². The summed E-state index contributed by atoms with van der Waals surface area (Å²) in [5.74, 6) is 1.15. The minimum atomic E-state index is -0.884. The largest absolute Gasteiger partial charge is 0.410 e. The van der Waals surface area contributed by atoms with Gasteiger partial charge in [0, 0.05) is 4.88 Å². The number of hydrogen-bond acceptors (Lipinski definition) is 7. The highest BCUT2D eigenvalue weighted by molar-refractivity contribution is 7.99. The number of amides is 1. The topological polar surface area (TPSA) is 91.8 Å². The number of nitrogens with zero attached hydrogens (tertiary/aromatic N) is 3. The van der Waals surface area contributed by atoms with Gasteiger partial charge in [-0.05, 0) is 49.7 Å². The molecule has 0 spiro atoms. The molecule has 27 heavy (non-hydrogen) atoms. The van der Waals surface area contributed by atoms with E-state index in [0.717, 1.165) is 23.6 Å². The van der Waals surface area contributed by atoms with Gasteiger partial charge in [0.2, 0.25) is 5.91 Å². The fraction of sp³-hybridized carbons (Fsp3) is 0.579. The zero-order valence-corrected chi connectivity index (χ0v) is 17.7. The zero-order valence-electron chi connectivity index (χ0n) is 16.0. The van der Waals surface area contributed by atoms with E-state index >= 15 is 0 Å². The number of aryl methyl sites for hydroxylation is 1. The molecule has 2 aromatic rings. The molecule has 0 aromatic carbocycles. The average molecular weight is 405 g/mol. The number of fused-ring (bicyclic) bond motifs is 1. The van der Waals surface area contributed by atoms with E-state index in [1.54, 1.807) is 18.3 Å². The molecule has 2 unspecified atom stereocenters. The third-order valence-corrected chi connectivity index (χ3v) is 7.10. The van der Waals surface area contributed by atoms with Crippen LogP contribution >= 0.6 is 23.1 Å². The predicted molar refractivity (Wildman–Crippen MR) is 107 cm³/mol. The van der Waals surface area contributed by atoms with Gasteiger partial charge in [-0.1, -0.05) is 32.5 Å². The summed E-state index contributed by atoms with van der Waals surface area (Å²) >= 11 is 2.91. The van der Waals surface area contributed by atoms with Crippen LogP contribution < -0.4 is 5.32 Å². The van der Waals surface area contributed by atoms with Crippen LogP contribution in [-0.4, -0.2) is 27.4 Å². The number of thiophene rings is 1. The summed E-state index contributed by atoms with van der Waals surface area (Å²) in [5, 5.41) is 20.6. The van der Waals surface area contributed by atoms with Crippen molar-refractivity contribution in [1.82, 2.24) is 15.5 Å². The monoisotopic (exact) mass is 404 g/mol. The fourth-order valence-corrected chi connectivity index (χ4v) is 4.63. The third kappa shape index (κ3) is 4.53. The number of nitrogens with one attached hydrogen (secondary N) is 1. The molecule has 1 aliphatic rings. The summed E-state index contributed by atoms with van der Waals surface area (Å²) in [6, 6.07) is 4.33. The molecule has 6 nitrogen and oxygen atoms in total. The molecule has 8 heteroatoms. The van der Waals surface area contributed by atoms with Gasteiger partial charge in [-0.2, -0.15) is 5.26 Å². The Morgan fingerprint density at radius 2 is 2.33 bits per heavy atom. The molecule has 144 valence electrons. The van der Waals surface area contributed by atoms with Crippen LogP contribution in [0, 0.1) is 23.2 Å². The van der Waals surface area contributed by atoms with Crippen molar-refractivity contribution in [3.8, 4) is 16.8 Å². The van der Waals surface area contributed by atoms with Crippen LogP contribution in [0.3, 0.4) is 0 Å². The van der Waals surface area contributed by atoms with Crippen LogP contribution in [0.15, 0.2) is 15.7 Å². The van der Waals surface area contributed by atoms with E-state index in [1.165, 1.54) is 28.6 Å².